The normalized spacial score (nSPS) is 13.1. The van der Waals surface area contributed by atoms with Gasteiger partial charge >= 0.3 is 12.0 Å². The van der Waals surface area contributed by atoms with Crippen LogP contribution in [0.4, 0.5) is 4.79 Å². The Labute approximate surface area is 222 Å². The largest absolute Gasteiger partial charge is 0.460 e. The van der Waals surface area contributed by atoms with Crippen molar-refractivity contribution in [1.82, 2.24) is 21.5 Å². The molecular formula is C23H44N8O7. The fourth-order valence-corrected chi connectivity index (χ4v) is 3.28. The first-order valence-electron chi connectivity index (χ1n) is 12.9. The van der Waals surface area contributed by atoms with Crippen LogP contribution in [0.2, 0.25) is 0 Å². The Bertz CT molecular complexity index is 781. The summed E-state index contributed by atoms with van der Waals surface area (Å²) in [5.74, 6) is -4.98. The van der Waals surface area contributed by atoms with Crippen LogP contribution in [0.15, 0.2) is 0 Å². The Morgan fingerprint density at radius 1 is 0.737 bits per heavy atom. The van der Waals surface area contributed by atoms with E-state index in [4.69, 9.17) is 27.7 Å². The maximum absolute atomic E-state index is 12.7. The van der Waals surface area contributed by atoms with E-state index in [1.807, 2.05) is 5.32 Å². The number of unbranched alkanes of at least 4 members (excludes halogenated alkanes) is 3. The number of hydrogen-bond acceptors (Lipinski definition) is 12. The van der Waals surface area contributed by atoms with E-state index in [9.17, 15) is 28.8 Å². The number of esters is 1. The minimum absolute atomic E-state index is 0.00737. The monoisotopic (exact) mass is 544 g/mol. The number of Topliss-reactive ketones (excluding diaryl/α,β-unsaturated/α-hetero) is 2. The molecule has 0 aromatic heterocycles. The number of rotatable bonds is 21. The van der Waals surface area contributed by atoms with Gasteiger partial charge in [-0.2, -0.15) is 0 Å². The second-order valence-corrected chi connectivity index (χ2v) is 8.58. The van der Waals surface area contributed by atoms with Crippen molar-refractivity contribution >= 4 is 35.4 Å². The van der Waals surface area contributed by atoms with Gasteiger partial charge in [0.1, 0.15) is 6.04 Å². The first kappa shape index (κ1) is 35.0. The smallest absolute Gasteiger partial charge is 0.376 e. The second-order valence-electron chi connectivity index (χ2n) is 8.58. The molecule has 4 amide bonds. The molecule has 0 spiro atoms. The highest BCUT2D eigenvalue weighted by atomic mass is 16.5. The van der Waals surface area contributed by atoms with Gasteiger partial charge in [0.15, 0.2) is 0 Å². The summed E-state index contributed by atoms with van der Waals surface area (Å²) < 4.78 is 4.73. The third-order valence-corrected chi connectivity index (χ3v) is 5.44. The fourth-order valence-electron chi connectivity index (χ4n) is 3.28. The van der Waals surface area contributed by atoms with Crippen LogP contribution in [-0.2, 0) is 28.7 Å². The number of ether oxygens (including phenoxy) is 1. The molecule has 0 aliphatic carbocycles. The van der Waals surface area contributed by atoms with Crippen molar-refractivity contribution in [2.45, 2.75) is 82.8 Å². The molecule has 0 aliphatic heterocycles. The van der Waals surface area contributed by atoms with Gasteiger partial charge in [-0.3, -0.25) is 29.9 Å². The van der Waals surface area contributed by atoms with E-state index in [-0.39, 0.29) is 25.9 Å². The third-order valence-electron chi connectivity index (χ3n) is 5.44. The molecule has 0 saturated heterocycles. The third kappa shape index (κ3) is 14.7. The Morgan fingerprint density at radius 3 is 1.79 bits per heavy atom. The number of urea groups is 1. The number of carbonyl (C=O) groups excluding carboxylic acids is 6. The molecule has 0 rings (SSSR count). The van der Waals surface area contributed by atoms with Gasteiger partial charge in [-0.25, -0.2) is 15.0 Å². The van der Waals surface area contributed by atoms with Crippen molar-refractivity contribution in [3.63, 3.8) is 0 Å². The van der Waals surface area contributed by atoms with E-state index in [1.54, 1.807) is 6.92 Å². The quantitative estimate of drug-likeness (QED) is 0.0325. The standard InChI is InChI=1S/C23H44N8O7/c1-2-38-22(36)19(33)16(10-4-7-13-25)30-31-23(37)28-17(11-5-8-14-26)20(34)29-21(35)18(32)15(27)9-3-6-12-24/h15-17,30H,2-14,24-27H2,1H3,(H2,28,31,37)(H,29,34,35)/t15-,16-,17-/m0/s1. The maximum Gasteiger partial charge on any atom is 0.376 e. The number of hydrogen-bond donors (Lipinski definition) is 8. The predicted octanol–water partition coefficient (Wildman–Crippen LogP) is -2.41. The minimum Gasteiger partial charge on any atom is -0.460 e. The highest BCUT2D eigenvalue weighted by Crippen LogP contribution is 2.04. The van der Waals surface area contributed by atoms with Crippen LogP contribution in [0, 0.1) is 0 Å². The number of nitrogens with one attached hydrogen (secondary N) is 4. The lowest BCUT2D eigenvalue weighted by atomic mass is 10.1. The fraction of sp³-hybridized carbons (Fsp3) is 0.739. The Kier molecular flexibility index (Phi) is 19.4. The minimum atomic E-state index is -1.20. The summed E-state index contributed by atoms with van der Waals surface area (Å²) in [6, 6.07) is -4.28. The van der Waals surface area contributed by atoms with Gasteiger partial charge in [0.25, 0.3) is 11.7 Å². The summed E-state index contributed by atoms with van der Waals surface area (Å²) in [4.78, 5) is 73.9. The average Bonchev–Trinajstić information content (AvgIpc) is 2.89. The summed E-state index contributed by atoms with van der Waals surface area (Å²) in [7, 11) is 0. The summed E-state index contributed by atoms with van der Waals surface area (Å²) in [6.45, 7) is 2.71. The zero-order valence-corrected chi connectivity index (χ0v) is 22.1. The van der Waals surface area contributed by atoms with Crippen LogP contribution in [0.3, 0.4) is 0 Å². The van der Waals surface area contributed by atoms with Gasteiger partial charge in [-0.1, -0.05) is 12.8 Å². The van der Waals surface area contributed by atoms with E-state index >= 15 is 0 Å². The van der Waals surface area contributed by atoms with Gasteiger partial charge in [-0.05, 0) is 71.5 Å². The van der Waals surface area contributed by atoms with E-state index in [0.717, 1.165) is 0 Å². The molecule has 0 aromatic carbocycles. The van der Waals surface area contributed by atoms with E-state index in [1.165, 1.54) is 0 Å². The topological polar surface area (TPSA) is 264 Å². The van der Waals surface area contributed by atoms with E-state index < -0.39 is 53.5 Å². The number of carbonyl (C=O) groups is 6. The van der Waals surface area contributed by atoms with Crippen molar-refractivity contribution in [1.29, 1.82) is 0 Å². The Balaban J connectivity index is 5.17. The number of ketones is 2. The molecule has 0 fully saturated rings. The predicted molar refractivity (Wildman–Crippen MR) is 139 cm³/mol. The van der Waals surface area contributed by atoms with Crippen molar-refractivity contribution in [2.75, 3.05) is 26.2 Å². The number of nitrogens with two attached hydrogens (primary N) is 4. The molecule has 0 aromatic rings. The number of imide groups is 1. The highest BCUT2D eigenvalue weighted by Gasteiger charge is 2.29. The van der Waals surface area contributed by atoms with Crippen LogP contribution in [0.5, 0.6) is 0 Å². The van der Waals surface area contributed by atoms with Crippen LogP contribution in [-0.4, -0.2) is 79.7 Å². The second kappa shape index (κ2) is 21.0. The Morgan fingerprint density at radius 2 is 1.26 bits per heavy atom. The van der Waals surface area contributed by atoms with Gasteiger partial charge in [-0.15, -0.1) is 0 Å². The summed E-state index contributed by atoms with van der Waals surface area (Å²) in [5.41, 5.74) is 26.8. The zero-order valence-electron chi connectivity index (χ0n) is 22.1. The van der Waals surface area contributed by atoms with Gasteiger partial charge in [0, 0.05) is 0 Å². The van der Waals surface area contributed by atoms with Crippen molar-refractivity contribution in [3.8, 4) is 0 Å². The van der Waals surface area contributed by atoms with E-state index in [2.05, 4.69) is 16.2 Å². The molecule has 0 unspecified atom stereocenters. The number of hydrazine groups is 1. The lowest BCUT2D eigenvalue weighted by Gasteiger charge is -2.21. The summed E-state index contributed by atoms with van der Waals surface area (Å²) in [5, 5.41) is 4.36. The van der Waals surface area contributed by atoms with Gasteiger partial charge < -0.3 is 33.0 Å². The highest BCUT2D eigenvalue weighted by molar-refractivity contribution is 6.40. The molecule has 15 nitrogen and oxygen atoms in total. The number of amides is 4. The van der Waals surface area contributed by atoms with Crippen molar-refractivity contribution in [3.05, 3.63) is 0 Å². The van der Waals surface area contributed by atoms with Crippen LogP contribution in [0.1, 0.15) is 64.7 Å². The molecule has 15 heteroatoms. The van der Waals surface area contributed by atoms with Crippen LogP contribution >= 0.6 is 0 Å². The molecule has 218 valence electrons. The summed E-state index contributed by atoms with van der Waals surface area (Å²) in [6.07, 6.45) is 3.79. The zero-order chi connectivity index (χ0) is 28.9. The van der Waals surface area contributed by atoms with Crippen molar-refractivity contribution in [2.24, 2.45) is 22.9 Å². The molecule has 3 atom stereocenters. The lowest BCUT2D eigenvalue weighted by molar-refractivity contribution is -0.154. The average molecular weight is 545 g/mol. The molecule has 0 heterocycles. The van der Waals surface area contributed by atoms with Gasteiger partial charge in [0.2, 0.25) is 11.7 Å². The molecule has 38 heavy (non-hydrogen) atoms. The molecule has 12 N–H and O–H groups in total. The first-order valence-corrected chi connectivity index (χ1v) is 12.9. The van der Waals surface area contributed by atoms with Gasteiger partial charge in [0.05, 0.1) is 18.7 Å². The SMILES string of the molecule is CCOC(=O)C(=O)[C@H](CCCCN)NNC(=O)N[C@@H](CCCCN)C(=O)NC(=O)C(=O)[C@@H](N)CCCCN. The Hall–Kier alpha value is -2.98. The van der Waals surface area contributed by atoms with Crippen LogP contribution in [0.25, 0.3) is 0 Å². The molecule has 0 bridgehead atoms. The lowest BCUT2D eigenvalue weighted by Crippen LogP contribution is -2.57. The molecule has 0 saturated carbocycles. The van der Waals surface area contributed by atoms with Crippen LogP contribution < -0.4 is 44.4 Å². The molecular weight excluding hydrogens is 500 g/mol. The van der Waals surface area contributed by atoms with E-state index in [0.29, 0.717) is 58.2 Å². The maximum atomic E-state index is 12.7. The molecule has 0 aliphatic rings. The van der Waals surface area contributed by atoms with Crippen molar-refractivity contribution < 1.29 is 33.5 Å². The first-order chi connectivity index (χ1) is 18.1. The summed E-state index contributed by atoms with van der Waals surface area (Å²) >= 11 is 0. The molecule has 0 radical (unpaired) electrons.